The third kappa shape index (κ3) is 5.23. The summed E-state index contributed by atoms with van der Waals surface area (Å²) in [6, 6.07) is 7.23. The highest BCUT2D eigenvalue weighted by Gasteiger charge is 2.33. The number of halogens is 3. The van der Waals surface area contributed by atoms with Crippen LogP contribution in [0.25, 0.3) is 0 Å². The zero-order valence-electron chi connectivity index (χ0n) is 15.9. The lowest BCUT2D eigenvalue weighted by Crippen LogP contribution is -2.52. The molecule has 0 radical (unpaired) electrons. The molecule has 0 saturated carbocycles. The largest absolute Gasteiger partial charge is 0.416 e. The molecule has 1 aromatic rings. The summed E-state index contributed by atoms with van der Waals surface area (Å²) >= 11 is 0. The predicted octanol–water partition coefficient (Wildman–Crippen LogP) is 4.29. The number of carbonyl (C=O) groups is 1. The first kappa shape index (κ1) is 21.2. The van der Waals surface area contributed by atoms with Crippen molar-refractivity contribution in [2.75, 3.05) is 13.1 Å². The Kier molecular flexibility index (Phi) is 6.53. The molecule has 0 aliphatic carbocycles. The Bertz CT molecular complexity index is 694. The second-order valence-electron chi connectivity index (χ2n) is 7.62. The minimum atomic E-state index is -4.36. The number of nitriles is 1. The number of rotatable bonds is 5. The van der Waals surface area contributed by atoms with Crippen LogP contribution in [0.5, 0.6) is 0 Å². The number of benzene rings is 1. The van der Waals surface area contributed by atoms with Gasteiger partial charge in [0.15, 0.2) is 0 Å². The van der Waals surface area contributed by atoms with Crippen molar-refractivity contribution in [2.24, 2.45) is 5.92 Å². The first-order valence-electron chi connectivity index (χ1n) is 9.20. The normalized spacial score (nSPS) is 20.7. The Balaban J connectivity index is 2.11. The molecule has 0 spiro atoms. The molecule has 27 heavy (non-hydrogen) atoms. The summed E-state index contributed by atoms with van der Waals surface area (Å²) in [7, 11) is 0. The van der Waals surface area contributed by atoms with Crippen LogP contribution in [0.3, 0.4) is 0 Å². The van der Waals surface area contributed by atoms with Gasteiger partial charge in [0.2, 0.25) is 5.91 Å². The predicted molar refractivity (Wildman–Crippen MR) is 96.6 cm³/mol. The fourth-order valence-electron chi connectivity index (χ4n) is 3.27. The van der Waals surface area contributed by atoms with Gasteiger partial charge in [-0.1, -0.05) is 32.4 Å². The van der Waals surface area contributed by atoms with Gasteiger partial charge in [0.1, 0.15) is 5.54 Å². The molecule has 2 rings (SSSR count). The van der Waals surface area contributed by atoms with Crippen molar-refractivity contribution in [1.82, 2.24) is 10.2 Å². The van der Waals surface area contributed by atoms with Crippen LogP contribution < -0.4 is 5.32 Å². The molecule has 1 saturated heterocycles. The number of hydrogen-bond acceptors (Lipinski definition) is 3. The maximum Gasteiger partial charge on any atom is 0.416 e. The Labute approximate surface area is 158 Å². The van der Waals surface area contributed by atoms with E-state index in [9.17, 15) is 23.2 Å². The lowest BCUT2D eigenvalue weighted by molar-refractivity contribution is -0.137. The zero-order chi connectivity index (χ0) is 20.2. The zero-order valence-corrected chi connectivity index (χ0v) is 15.9. The summed E-state index contributed by atoms with van der Waals surface area (Å²) < 4.78 is 38.3. The van der Waals surface area contributed by atoms with Crippen molar-refractivity contribution in [2.45, 2.75) is 57.8 Å². The van der Waals surface area contributed by atoms with Gasteiger partial charge in [-0.25, -0.2) is 0 Å². The van der Waals surface area contributed by atoms with Crippen LogP contribution in [0.15, 0.2) is 24.3 Å². The van der Waals surface area contributed by atoms with Gasteiger partial charge < -0.3 is 5.32 Å². The van der Waals surface area contributed by atoms with E-state index >= 15 is 0 Å². The minimum Gasteiger partial charge on any atom is -0.337 e. The van der Waals surface area contributed by atoms with Gasteiger partial charge in [-0.15, -0.1) is 0 Å². The van der Waals surface area contributed by atoms with E-state index in [2.05, 4.69) is 11.4 Å². The quantitative estimate of drug-likeness (QED) is 0.828. The average molecular weight is 381 g/mol. The first-order valence-corrected chi connectivity index (χ1v) is 9.20. The van der Waals surface area contributed by atoms with E-state index in [-0.39, 0.29) is 24.4 Å². The Hall–Kier alpha value is -2.07. The molecule has 148 valence electrons. The molecule has 2 atom stereocenters. The molecular weight excluding hydrogens is 355 g/mol. The van der Waals surface area contributed by atoms with Crippen LogP contribution in [0.1, 0.15) is 57.2 Å². The van der Waals surface area contributed by atoms with Crippen LogP contribution in [0, 0.1) is 17.2 Å². The molecule has 7 heteroatoms. The smallest absolute Gasteiger partial charge is 0.337 e. The summed E-state index contributed by atoms with van der Waals surface area (Å²) in [5.74, 6) is -0.287. The molecule has 0 bridgehead atoms. The number of piperidine rings is 1. The molecule has 4 nitrogen and oxygen atoms in total. The van der Waals surface area contributed by atoms with Crippen molar-refractivity contribution in [3.63, 3.8) is 0 Å². The summed E-state index contributed by atoms with van der Waals surface area (Å²) in [6.07, 6.45) is -1.67. The average Bonchev–Trinajstić information content (AvgIpc) is 2.61. The number of carbonyl (C=O) groups excluding carboxylic acids is 1. The summed E-state index contributed by atoms with van der Waals surface area (Å²) in [5.41, 5.74) is -0.841. The van der Waals surface area contributed by atoms with E-state index in [0.29, 0.717) is 6.54 Å². The van der Waals surface area contributed by atoms with Crippen molar-refractivity contribution in [1.29, 1.82) is 5.26 Å². The third-order valence-electron chi connectivity index (χ3n) is 5.37. The monoisotopic (exact) mass is 381 g/mol. The van der Waals surface area contributed by atoms with Gasteiger partial charge in [0.05, 0.1) is 18.2 Å². The standard InChI is InChI=1S/C20H26F3N3O/c1-14(2)19(3,13-24)25-18(27)12-26-11-5-4-6-17(26)15-7-9-16(10-8-15)20(21,22)23/h7-10,14,17H,4-6,11-12H2,1-3H3,(H,25,27). The number of nitrogens with zero attached hydrogens (tertiary/aromatic N) is 2. The first-order chi connectivity index (χ1) is 12.6. The Morgan fingerprint density at radius 1 is 1.30 bits per heavy atom. The van der Waals surface area contributed by atoms with Crippen LogP contribution in [-0.2, 0) is 11.0 Å². The molecule has 1 N–H and O–H groups in total. The van der Waals surface area contributed by atoms with Crippen LogP contribution in [0.2, 0.25) is 0 Å². The van der Waals surface area contributed by atoms with Crippen LogP contribution >= 0.6 is 0 Å². The van der Waals surface area contributed by atoms with Crippen LogP contribution in [-0.4, -0.2) is 29.4 Å². The molecule has 1 heterocycles. The van der Waals surface area contributed by atoms with E-state index in [1.165, 1.54) is 12.1 Å². The highest BCUT2D eigenvalue weighted by molar-refractivity contribution is 5.79. The summed E-state index contributed by atoms with van der Waals surface area (Å²) in [6.45, 7) is 6.25. The van der Waals surface area contributed by atoms with Gasteiger partial charge in [0.25, 0.3) is 0 Å². The van der Waals surface area contributed by atoms with E-state index in [4.69, 9.17) is 0 Å². The maximum absolute atomic E-state index is 12.8. The minimum absolute atomic E-state index is 0.0430. The highest BCUT2D eigenvalue weighted by atomic mass is 19.4. The van der Waals surface area contributed by atoms with Crippen molar-refractivity contribution < 1.29 is 18.0 Å². The van der Waals surface area contributed by atoms with Crippen molar-refractivity contribution >= 4 is 5.91 Å². The fourth-order valence-corrected chi connectivity index (χ4v) is 3.27. The molecule has 1 fully saturated rings. The molecule has 1 aliphatic rings. The summed E-state index contributed by atoms with van der Waals surface area (Å²) in [5, 5.41) is 12.2. The van der Waals surface area contributed by atoms with Crippen LogP contribution in [0.4, 0.5) is 13.2 Å². The van der Waals surface area contributed by atoms with Gasteiger partial charge in [-0.05, 0) is 49.9 Å². The summed E-state index contributed by atoms with van der Waals surface area (Å²) in [4.78, 5) is 14.5. The topological polar surface area (TPSA) is 56.1 Å². The number of hydrogen-bond donors (Lipinski definition) is 1. The lowest BCUT2D eigenvalue weighted by Gasteiger charge is -2.36. The highest BCUT2D eigenvalue weighted by Crippen LogP contribution is 2.34. The lowest BCUT2D eigenvalue weighted by atomic mass is 9.90. The molecule has 1 amide bonds. The Morgan fingerprint density at radius 2 is 1.93 bits per heavy atom. The fraction of sp³-hybridized carbons (Fsp3) is 0.600. The second kappa shape index (κ2) is 8.30. The number of nitrogens with one attached hydrogen (secondary N) is 1. The van der Waals surface area contributed by atoms with E-state index in [0.717, 1.165) is 37.0 Å². The van der Waals surface area contributed by atoms with E-state index in [1.807, 2.05) is 18.7 Å². The Morgan fingerprint density at radius 3 is 2.44 bits per heavy atom. The maximum atomic E-state index is 12.8. The molecular formula is C20H26F3N3O. The molecule has 2 unspecified atom stereocenters. The van der Waals surface area contributed by atoms with Gasteiger partial charge in [0, 0.05) is 6.04 Å². The SMILES string of the molecule is CC(C)C(C)(C#N)NC(=O)CN1CCCCC1c1ccc(C(F)(F)F)cc1. The molecule has 0 aromatic heterocycles. The number of amides is 1. The number of likely N-dealkylation sites (tertiary alicyclic amines) is 1. The van der Waals surface area contributed by atoms with Gasteiger partial charge in [-0.3, -0.25) is 9.69 Å². The third-order valence-corrected chi connectivity index (χ3v) is 5.37. The van der Waals surface area contributed by atoms with Crippen molar-refractivity contribution in [3.8, 4) is 6.07 Å². The number of alkyl halides is 3. The van der Waals surface area contributed by atoms with Gasteiger partial charge in [-0.2, -0.15) is 18.4 Å². The van der Waals surface area contributed by atoms with E-state index in [1.54, 1.807) is 6.92 Å². The second-order valence-corrected chi connectivity index (χ2v) is 7.62. The molecule has 1 aliphatic heterocycles. The molecule has 1 aromatic carbocycles. The van der Waals surface area contributed by atoms with E-state index < -0.39 is 17.3 Å². The van der Waals surface area contributed by atoms with Gasteiger partial charge >= 0.3 is 6.18 Å². The van der Waals surface area contributed by atoms with Crippen molar-refractivity contribution in [3.05, 3.63) is 35.4 Å².